The molecular weight excluding hydrogens is 210 g/mol. The van der Waals surface area contributed by atoms with Crippen molar-refractivity contribution >= 4 is 17.2 Å². The summed E-state index contributed by atoms with van der Waals surface area (Å²) < 4.78 is 5.42. The average Bonchev–Trinajstić information content (AvgIpc) is 2.66. The number of ether oxygens (including phenoxy) is 1. The van der Waals surface area contributed by atoms with Crippen molar-refractivity contribution < 1.29 is 9.53 Å². The van der Waals surface area contributed by atoms with Crippen molar-refractivity contribution in [1.29, 1.82) is 0 Å². The van der Waals surface area contributed by atoms with Crippen molar-refractivity contribution in [2.45, 2.75) is 31.3 Å². The van der Waals surface area contributed by atoms with E-state index in [0.717, 1.165) is 12.8 Å². The third-order valence-corrected chi connectivity index (χ3v) is 3.99. The van der Waals surface area contributed by atoms with E-state index in [1.165, 1.54) is 10.4 Å². The third-order valence-electron chi connectivity index (χ3n) is 2.97. The molecular formula is C11H15NO2S. The topological polar surface area (TPSA) is 52.3 Å². The monoisotopic (exact) mass is 225 g/mol. The molecule has 0 aromatic carbocycles. The van der Waals surface area contributed by atoms with Crippen molar-refractivity contribution in [1.82, 2.24) is 0 Å². The SMILES string of the molecule is COC1CCC(CC(N)=O)c2ccsc21. The number of methoxy groups -OCH3 is 1. The third kappa shape index (κ3) is 2.06. The molecule has 1 aromatic heterocycles. The quantitative estimate of drug-likeness (QED) is 0.857. The zero-order valence-electron chi connectivity index (χ0n) is 8.73. The number of carbonyl (C=O) groups excluding carboxylic acids is 1. The van der Waals surface area contributed by atoms with Crippen molar-refractivity contribution in [2.75, 3.05) is 7.11 Å². The van der Waals surface area contributed by atoms with E-state index in [1.807, 2.05) is 0 Å². The van der Waals surface area contributed by atoms with Crippen LogP contribution in [0.15, 0.2) is 11.4 Å². The highest BCUT2D eigenvalue weighted by molar-refractivity contribution is 7.10. The van der Waals surface area contributed by atoms with Gasteiger partial charge in [-0.1, -0.05) is 0 Å². The summed E-state index contributed by atoms with van der Waals surface area (Å²) in [5, 5.41) is 2.07. The molecule has 15 heavy (non-hydrogen) atoms. The predicted octanol–water partition coefficient (Wildman–Crippen LogP) is 2.19. The van der Waals surface area contributed by atoms with Crippen LogP contribution in [0, 0.1) is 0 Å². The van der Waals surface area contributed by atoms with Crippen LogP contribution in [0.3, 0.4) is 0 Å². The van der Waals surface area contributed by atoms with E-state index in [2.05, 4.69) is 11.4 Å². The van der Waals surface area contributed by atoms with Gasteiger partial charge in [0.25, 0.3) is 0 Å². The molecule has 0 bridgehead atoms. The number of rotatable bonds is 3. The molecule has 4 heteroatoms. The van der Waals surface area contributed by atoms with Gasteiger partial charge >= 0.3 is 0 Å². The molecule has 0 aliphatic heterocycles. The molecule has 2 N–H and O–H groups in total. The highest BCUT2D eigenvalue weighted by atomic mass is 32.1. The first-order valence-electron chi connectivity index (χ1n) is 5.10. The summed E-state index contributed by atoms with van der Waals surface area (Å²) >= 11 is 1.71. The van der Waals surface area contributed by atoms with Crippen LogP contribution in [-0.4, -0.2) is 13.0 Å². The highest BCUT2D eigenvalue weighted by Gasteiger charge is 2.28. The summed E-state index contributed by atoms with van der Waals surface area (Å²) in [7, 11) is 1.74. The lowest BCUT2D eigenvalue weighted by Crippen LogP contribution is -2.20. The first-order chi connectivity index (χ1) is 7.22. The predicted molar refractivity (Wildman–Crippen MR) is 59.9 cm³/mol. The minimum atomic E-state index is -0.215. The molecule has 1 amide bonds. The van der Waals surface area contributed by atoms with Crippen molar-refractivity contribution in [3.8, 4) is 0 Å². The first kappa shape index (κ1) is 10.6. The Kier molecular flexibility index (Phi) is 3.07. The molecule has 2 unspecified atom stereocenters. The van der Waals surface area contributed by atoms with Crippen LogP contribution >= 0.6 is 11.3 Å². The van der Waals surface area contributed by atoms with E-state index in [1.54, 1.807) is 18.4 Å². The fraction of sp³-hybridized carbons (Fsp3) is 0.545. The first-order valence-corrected chi connectivity index (χ1v) is 5.98. The van der Waals surface area contributed by atoms with E-state index in [0.29, 0.717) is 12.3 Å². The zero-order chi connectivity index (χ0) is 10.8. The van der Waals surface area contributed by atoms with Crippen LogP contribution in [-0.2, 0) is 9.53 Å². The number of fused-ring (bicyclic) bond motifs is 1. The van der Waals surface area contributed by atoms with Crippen molar-refractivity contribution in [3.63, 3.8) is 0 Å². The lowest BCUT2D eigenvalue weighted by atomic mass is 9.84. The maximum atomic E-state index is 10.9. The van der Waals surface area contributed by atoms with Gasteiger partial charge in [0.15, 0.2) is 0 Å². The summed E-state index contributed by atoms with van der Waals surface area (Å²) in [5.74, 6) is 0.0863. The second-order valence-electron chi connectivity index (χ2n) is 3.91. The summed E-state index contributed by atoms with van der Waals surface area (Å²) in [6, 6.07) is 2.10. The molecule has 0 saturated heterocycles. The van der Waals surface area contributed by atoms with Gasteiger partial charge in [0.05, 0.1) is 6.10 Å². The summed E-state index contributed by atoms with van der Waals surface area (Å²) in [6.45, 7) is 0. The van der Waals surface area contributed by atoms with Crippen LogP contribution in [0.25, 0.3) is 0 Å². The van der Waals surface area contributed by atoms with Gasteiger partial charge in [0.2, 0.25) is 5.91 Å². The summed E-state index contributed by atoms with van der Waals surface area (Å²) in [6.07, 6.45) is 2.65. The maximum absolute atomic E-state index is 10.9. The molecule has 1 aliphatic carbocycles. The Bertz CT molecular complexity index is 361. The van der Waals surface area contributed by atoms with Crippen molar-refractivity contribution in [2.24, 2.45) is 5.73 Å². The molecule has 0 fully saturated rings. The second-order valence-corrected chi connectivity index (χ2v) is 4.86. The van der Waals surface area contributed by atoms with Crippen molar-refractivity contribution in [3.05, 3.63) is 21.9 Å². The van der Waals surface area contributed by atoms with E-state index in [9.17, 15) is 4.79 Å². The van der Waals surface area contributed by atoms with E-state index >= 15 is 0 Å². The van der Waals surface area contributed by atoms with Gasteiger partial charge in [-0.3, -0.25) is 4.79 Å². The Morgan fingerprint density at radius 1 is 1.67 bits per heavy atom. The second kappa shape index (κ2) is 4.33. The summed E-state index contributed by atoms with van der Waals surface area (Å²) in [5.41, 5.74) is 6.51. The molecule has 2 atom stereocenters. The number of nitrogens with two attached hydrogens (primary N) is 1. The van der Waals surface area contributed by atoms with Gasteiger partial charge in [-0.25, -0.2) is 0 Å². The summed E-state index contributed by atoms with van der Waals surface area (Å²) in [4.78, 5) is 12.2. The van der Waals surface area contributed by atoms with Crippen LogP contribution in [0.1, 0.15) is 41.7 Å². The Hall–Kier alpha value is -0.870. The minimum Gasteiger partial charge on any atom is -0.376 e. The Morgan fingerprint density at radius 2 is 2.47 bits per heavy atom. The number of thiophene rings is 1. The molecule has 1 heterocycles. The van der Waals surface area contributed by atoms with Crippen LogP contribution in [0.5, 0.6) is 0 Å². The smallest absolute Gasteiger partial charge is 0.218 e. The molecule has 1 aliphatic rings. The number of hydrogen-bond acceptors (Lipinski definition) is 3. The number of carbonyl (C=O) groups is 1. The molecule has 1 aromatic rings. The minimum absolute atomic E-state index is 0.212. The fourth-order valence-electron chi connectivity index (χ4n) is 2.25. The van der Waals surface area contributed by atoms with Crippen LogP contribution < -0.4 is 5.73 Å². The fourth-order valence-corrected chi connectivity index (χ4v) is 3.35. The molecule has 82 valence electrons. The van der Waals surface area contributed by atoms with Gasteiger partial charge in [-0.2, -0.15) is 0 Å². The van der Waals surface area contributed by atoms with E-state index < -0.39 is 0 Å². The van der Waals surface area contributed by atoms with Gasteiger partial charge < -0.3 is 10.5 Å². The molecule has 2 rings (SSSR count). The van der Waals surface area contributed by atoms with Crippen LogP contribution in [0.4, 0.5) is 0 Å². The molecule has 0 saturated carbocycles. The van der Waals surface area contributed by atoms with Crippen LogP contribution in [0.2, 0.25) is 0 Å². The molecule has 0 radical (unpaired) electrons. The largest absolute Gasteiger partial charge is 0.376 e. The van der Waals surface area contributed by atoms with Gasteiger partial charge in [0, 0.05) is 18.4 Å². The normalized spacial score (nSPS) is 24.9. The van der Waals surface area contributed by atoms with Gasteiger partial charge in [0.1, 0.15) is 0 Å². The average molecular weight is 225 g/mol. The highest BCUT2D eigenvalue weighted by Crippen LogP contribution is 2.43. The lowest BCUT2D eigenvalue weighted by molar-refractivity contribution is -0.118. The number of primary amides is 1. The molecule has 0 spiro atoms. The van der Waals surface area contributed by atoms with E-state index in [-0.39, 0.29) is 12.0 Å². The standard InChI is InChI=1S/C11H15NO2S/c1-14-9-3-2-7(6-10(12)13)8-4-5-15-11(8)9/h4-5,7,9H,2-3,6H2,1H3,(H2,12,13). The Labute approximate surface area is 93.2 Å². The van der Waals surface area contributed by atoms with Gasteiger partial charge in [-0.05, 0) is 35.8 Å². The molecule has 3 nitrogen and oxygen atoms in total. The zero-order valence-corrected chi connectivity index (χ0v) is 9.55. The Morgan fingerprint density at radius 3 is 3.13 bits per heavy atom. The number of hydrogen-bond donors (Lipinski definition) is 1. The number of amides is 1. The lowest BCUT2D eigenvalue weighted by Gasteiger charge is -2.27. The van der Waals surface area contributed by atoms with Gasteiger partial charge in [-0.15, -0.1) is 11.3 Å². The van der Waals surface area contributed by atoms with E-state index in [4.69, 9.17) is 10.5 Å². The maximum Gasteiger partial charge on any atom is 0.218 e. The Balaban J connectivity index is 2.23.